The van der Waals surface area contributed by atoms with E-state index in [1.807, 2.05) is 19.2 Å². The van der Waals surface area contributed by atoms with Crippen molar-refractivity contribution < 1.29 is 9.47 Å². The molecule has 2 aromatic carbocycles. The minimum Gasteiger partial charge on any atom is -0.497 e. The number of guanidine groups is 1. The van der Waals surface area contributed by atoms with E-state index in [4.69, 9.17) is 9.47 Å². The van der Waals surface area contributed by atoms with Crippen LogP contribution >= 0.6 is 0 Å². The van der Waals surface area contributed by atoms with Crippen LogP contribution < -0.4 is 10.1 Å². The van der Waals surface area contributed by atoms with Crippen molar-refractivity contribution in [3.8, 4) is 5.75 Å². The van der Waals surface area contributed by atoms with Gasteiger partial charge in [-0.05, 0) is 28.8 Å². The summed E-state index contributed by atoms with van der Waals surface area (Å²) in [4.78, 5) is 9.04. The largest absolute Gasteiger partial charge is 0.497 e. The van der Waals surface area contributed by atoms with E-state index in [0.717, 1.165) is 57.6 Å². The fraction of sp³-hybridized carbons (Fsp3) is 0.435. The molecule has 156 valence electrons. The summed E-state index contributed by atoms with van der Waals surface area (Å²) in [6.07, 6.45) is 0. The van der Waals surface area contributed by atoms with Crippen LogP contribution in [0, 0.1) is 0 Å². The molecule has 0 saturated carbocycles. The van der Waals surface area contributed by atoms with Crippen LogP contribution in [0.4, 0.5) is 0 Å². The quantitative estimate of drug-likeness (QED) is 0.576. The Hall–Kier alpha value is -2.57. The van der Waals surface area contributed by atoms with Gasteiger partial charge in [-0.3, -0.25) is 9.89 Å². The Morgan fingerprint density at radius 2 is 1.79 bits per heavy atom. The normalized spacial score (nSPS) is 15.2. The van der Waals surface area contributed by atoms with Crippen molar-refractivity contribution in [2.24, 2.45) is 4.99 Å². The molecule has 0 radical (unpaired) electrons. The number of benzene rings is 2. The van der Waals surface area contributed by atoms with Crippen molar-refractivity contribution in [3.05, 3.63) is 65.2 Å². The molecule has 0 aromatic heterocycles. The van der Waals surface area contributed by atoms with Gasteiger partial charge in [0.15, 0.2) is 5.96 Å². The van der Waals surface area contributed by atoms with E-state index in [9.17, 15) is 0 Å². The predicted molar refractivity (Wildman–Crippen MR) is 117 cm³/mol. The zero-order chi connectivity index (χ0) is 20.5. The summed E-state index contributed by atoms with van der Waals surface area (Å²) < 4.78 is 10.7. The van der Waals surface area contributed by atoms with Gasteiger partial charge in [0.05, 0.1) is 20.3 Å². The van der Waals surface area contributed by atoms with E-state index in [2.05, 4.69) is 63.6 Å². The number of methoxy groups -OCH3 is 1. The van der Waals surface area contributed by atoms with Gasteiger partial charge in [0.25, 0.3) is 0 Å². The molecule has 1 fully saturated rings. The van der Waals surface area contributed by atoms with Crippen molar-refractivity contribution in [2.45, 2.75) is 19.6 Å². The summed E-state index contributed by atoms with van der Waals surface area (Å²) in [5.41, 5.74) is 3.87. The Morgan fingerprint density at radius 1 is 1.10 bits per heavy atom. The monoisotopic (exact) mass is 396 g/mol. The van der Waals surface area contributed by atoms with Crippen molar-refractivity contribution in [1.29, 1.82) is 0 Å². The van der Waals surface area contributed by atoms with Crippen molar-refractivity contribution >= 4 is 5.96 Å². The molecule has 3 rings (SSSR count). The molecule has 0 atom stereocenters. The summed E-state index contributed by atoms with van der Waals surface area (Å²) in [5.74, 6) is 1.75. The number of ether oxygens (including phenoxy) is 2. The standard InChI is InChI=1S/C23H32N4O2/c1-24-23(26(2)17-19-8-10-22(28-3)11-9-19)25-16-20-6-4-5-7-21(20)18-27-12-14-29-15-13-27/h4-11H,12-18H2,1-3H3,(H,24,25). The van der Waals surface area contributed by atoms with Crippen LogP contribution in [-0.4, -0.2) is 63.3 Å². The van der Waals surface area contributed by atoms with Gasteiger partial charge < -0.3 is 19.7 Å². The average Bonchev–Trinajstić information content (AvgIpc) is 2.76. The second-order valence-corrected chi connectivity index (χ2v) is 7.26. The maximum absolute atomic E-state index is 5.47. The molecule has 1 saturated heterocycles. The minimum atomic E-state index is 0.750. The van der Waals surface area contributed by atoms with E-state index in [1.165, 1.54) is 16.7 Å². The number of morpholine rings is 1. The SMILES string of the molecule is CN=C(NCc1ccccc1CN1CCOCC1)N(C)Cc1ccc(OC)cc1. The molecule has 0 bridgehead atoms. The number of hydrogen-bond acceptors (Lipinski definition) is 4. The van der Waals surface area contributed by atoms with Crippen molar-refractivity contribution in [2.75, 3.05) is 47.5 Å². The van der Waals surface area contributed by atoms with E-state index in [-0.39, 0.29) is 0 Å². The molecule has 0 spiro atoms. The Balaban J connectivity index is 1.58. The molecule has 2 aromatic rings. The van der Waals surface area contributed by atoms with Crippen LogP contribution in [0.2, 0.25) is 0 Å². The summed E-state index contributed by atoms with van der Waals surface area (Å²) in [5, 5.41) is 3.51. The van der Waals surface area contributed by atoms with E-state index >= 15 is 0 Å². The first-order chi connectivity index (χ1) is 14.2. The Bertz CT molecular complexity index is 786. The van der Waals surface area contributed by atoms with Gasteiger partial charge in [-0.25, -0.2) is 0 Å². The van der Waals surface area contributed by atoms with Crippen LogP contribution in [-0.2, 0) is 24.4 Å². The molecule has 1 heterocycles. The lowest BCUT2D eigenvalue weighted by atomic mass is 10.1. The first-order valence-corrected chi connectivity index (χ1v) is 10.1. The second kappa shape index (κ2) is 10.8. The number of hydrogen-bond donors (Lipinski definition) is 1. The number of nitrogens with zero attached hydrogens (tertiary/aromatic N) is 3. The fourth-order valence-corrected chi connectivity index (χ4v) is 3.52. The third-order valence-corrected chi connectivity index (χ3v) is 5.21. The lowest BCUT2D eigenvalue weighted by Gasteiger charge is -2.28. The Kier molecular flexibility index (Phi) is 7.90. The van der Waals surface area contributed by atoms with Gasteiger partial charge in [0.1, 0.15) is 5.75 Å². The Morgan fingerprint density at radius 3 is 2.45 bits per heavy atom. The smallest absolute Gasteiger partial charge is 0.193 e. The minimum absolute atomic E-state index is 0.750. The van der Waals surface area contributed by atoms with Gasteiger partial charge >= 0.3 is 0 Å². The van der Waals surface area contributed by atoms with E-state index in [0.29, 0.717) is 0 Å². The third kappa shape index (κ3) is 6.21. The molecule has 0 amide bonds. The predicted octanol–water partition coefficient (Wildman–Crippen LogP) is 2.73. The highest BCUT2D eigenvalue weighted by Crippen LogP contribution is 2.14. The molecule has 6 heteroatoms. The van der Waals surface area contributed by atoms with Crippen LogP contribution in [0.3, 0.4) is 0 Å². The van der Waals surface area contributed by atoms with Crippen LogP contribution in [0.25, 0.3) is 0 Å². The summed E-state index contributed by atoms with van der Waals surface area (Å²) in [6.45, 7) is 6.12. The highest BCUT2D eigenvalue weighted by molar-refractivity contribution is 5.79. The fourth-order valence-electron chi connectivity index (χ4n) is 3.52. The first-order valence-electron chi connectivity index (χ1n) is 10.1. The van der Waals surface area contributed by atoms with Gasteiger partial charge in [0, 0.05) is 46.8 Å². The third-order valence-electron chi connectivity index (χ3n) is 5.21. The van der Waals surface area contributed by atoms with Gasteiger partial charge in [-0.15, -0.1) is 0 Å². The maximum Gasteiger partial charge on any atom is 0.193 e. The van der Waals surface area contributed by atoms with Crippen LogP contribution in [0.15, 0.2) is 53.5 Å². The number of nitrogens with one attached hydrogen (secondary N) is 1. The molecule has 29 heavy (non-hydrogen) atoms. The molecule has 0 unspecified atom stereocenters. The topological polar surface area (TPSA) is 49.3 Å². The summed E-state index contributed by atoms with van der Waals surface area (Å²) in [7, 11) is 5.56. The Labute approximate surface area is 174 Å². The number of rotatable bonds is 7. The first kappa shape index (κ1) is 21.1. The molecular formula is C23H32N4O2. The zero-order valence-electron chi connectivity index (χ0n) is 17.7. The lowest BCUT2D eigenvalue weighted by Crippen LogP contribution is -2.38. The summed E-state index contributed by atoms with van der Waals surface area (Å²) in [6, 6.07) is 16.8. The van der Waals surface area contributed by atoms with Crippen molar-refractivity contribution in [3.63, 3.8) is 0 Å². The number of aliphatic imine (C=N–C) groups is 1. The molecule has 1 N–H and O–H groups in total. The maximum atomic E-state index is 5.47. The van der Waals surface area contributed by atoms with Gasteiger partial charge in [-0.1, -0.05) is 36.4 Å². The zero-order valence-corrected chi connectivity index (χ0v) is 17.7. The van der Waals surface area contributed by atoms with Crippen molar-refractivity contribution in [1.82, 2.24) is 15.1 Å². The van der Waals surface area contributed by atoms with Crippen LogP contribution in [0.5, 0.6) is 5.75 Å². The molecule has 6 nitrogen and oxygen atoms in total. The molecule has 1 aliphatic rings. The van der Waals surface area contributed by atoms with Gasteiger partial charge in [0.2, 0.25) is 0 Å². The summed E-state index contributed by atoms with van der Waals surface area (Å²) >= 11 is 0. The lowest BCUT2D eigenvalue weighted by molar-refractivity contribution is 0.0341. The second-order valence-electron chi connectivity index (χ2n) is 7.26. The highest BCUT2D eigenvalue weighted by atomic mass is 16.5. The van der Waals surface area contributed by atoms with E-state index in [1.54, 1.807) is 7.11 Å². The van der Waals surface area contributed by atoms with Gasteiger partial charge in [-0.2, -0.15) is 0 Å². The molecular weight excluding hydrogens is 364 g/mol. The van der Waals surface area contributed by atoms with Crippen LogP contribution in [0.1, 0.15) is 16.7 Å². The molecule has 1 aliphatic heterocycles. The highest BCUT2D eigenvalue weighted by Gasteiger charge is 2.13. The average molecular weight is 397 g/mol. The molecule has 0 aliphatic carbocycles. The van der Waals surface area contributed by atoms with E-state index < -0.39 is 0 Å².